The SMILES string of the molecule is Cc1nn(C)cc1CN1CCN(c2nccnc2-c2ccccc2F)CC1.Cl. The number of benzene rings is 1. The minimum Gasteiger partial charge on any atom is -0.352 e. The highest BCUT2D eigenvalue weighted by molar-refractivity contribution is 5.85. The number of halogens is 2. The third-order valence-corrected chi connectivity index (χ3v) is 4.99. The highest BCUT2D eigenvalue weighted by atomic mass is 35.5. The Kier molecular flexibility index (Phi) is 6.26. The van der Waals surface area contributed by atoms with Gasteiger partial charge in [0.15, 0.2) is 5.82 Å². The Morgan fingerprint density at radius 1 is 1.04 bits per heavy atom. The normalized spacial score (nSPS) is 14.8. The summed E-state index contributed by atoms with van der Waals surface area (Å²) in [6.07, 6.45) is 5.37. The standard InChI is InChI=1S/C20H23FN6.ClH/c1-15-16(13-25(2)24-15)14-26-9-11-27(12-10-26)20-19(22-7-8-23-20)17-5-3-4-6-18(17)21;/h3-8,13H,9-12,14H2,1-2H3;1H. The largest absolute Gasteiger partial charge is 0.352 e. The van der Waals surface area contributed by atoms with Gasteiger partial charge in [-0.25, -0.2) is 9.37 Å². The quantitative estimate of drug-likeness (QED) is 0.671. The van der Waals surface area contributed by atoms with Gasteiger partial charge in [0.2, 0.25) is 0 Å². The minimum atomic E-state index is -0.273. The van der Waals surface area contributed by atoms with Crippen LogP contribution in [0, 0.1) is 12.7 Å². The summed E-state index contributed by atoms with van der Waals surface area (Å²) >= 11 is 0. The van der Waals surface area contributed by atoms with E-state index in [1.54, 1.807) is 24.5 Å². The molecule has 148 valence electrons. The predicted molar refractivity (Wildman–Crippen MR) is 110 cm³/mol. The van der Waals surface area contributed by atoms with Crippen molar-refractivity contribution in [1.82, 2.24) is 24.6 Å². The topological polar surface area (TPSA) is 50.1 Å². The van der Waals surface area contributed by atoms with E-state index in [1.807, 2.05) is 24.7 Å². The summed E-state index contributed by atoms with van der Waals surface area (Å²) in [6.45, 7) is 6.45. The fraction of sp³-hybridized carbons (Fsp3) is 0.350. The number of nitrogens with zero attached hydrogens (tertiary/aromatic N) is 6. The third kappa shape index (κ3) is 4.15. The molecular weight excluding hydrogens is 379 g/mol. The van der Waals surface area contributed by atoms with Crippen LogP contribution in [-0.2, 0) is 13.6 Å². The molecule has 2 aromatic heterocycles. The van der Waals surface area contributed by atoms with Gasteiger partial charge in [-0.3, -0.25) is 14.6 Å². The van der Waals surface area contributed by atoms with Crippen LogP contribution in [0.25, 0.3) is 11.3 Å². The molecule has 0 N–H and O–H groups in total. The molecule has 0 aliphatic carbocycles. The fourth-order valence-electron chi connectivity index (χ4n) is 3.57. The molecule has 1 aromatic carbocycles. The van der Waals surface area contributed by atoms with E-state index in [1.165, 1.54) is 11.6 Å². The summed E-state index contributed by atoms with van der Waals surface area (Å²) in [6, 6.07) is 6.73. The maximum absolute atomic E-state index is 14.3. The van der Waals surface area contributed by atoms with Crippen molar-refractivity contribution in [2.45, 2.75) is 13.5 Å². The van der Waals surface area contributed by atoms with Crippen molar-refractivity contribution in [3.63, 3.8) is 0 Å². The second kappa shape index (κ2) is 8.67. The fourth-order valence-corrected chi connectivity index (χ4v) is 3.57. The number of piperazine rings is 1. The van der Waals surface area contributed by atoms with E-state index in [0.717, 1.165) is 44.2 Å². The molecular formula is C20H24ClFN6. The molecule has 3 aromatic rings. The van der Waals surface area contributed by atoms with Gasteiger partial charge < -0.3 is 4.90 Å². The second-order valence-electron chi connectivity index (χ2n) is 6.89. The molecule has 0 radical (unpaired) electrons. The highest BCUT2D eigenvalue weighted by Gasteiger charge is 2.23. The van der Waals surface area contributed by atoms with Gasteiger partial charge in [0, 0.05) is 69.5 Å². The van der Waals surface area contributed by atoms with E-state index >= 15 is 0 Å². The van der Waals surface area contributed by atoms with Gasteiger partial charge >= 0.3 is 0 Å². The lowest BCUT2D eigenvalue weighted by Gasteiger charge is -2.35. The minimum absolute atomic E-state index is 0. The number of rotatable bonds is 4. The lowest BCUT2D eigenvalue weighted by atomic mass is 10.1. The third-order valence-electron chi connectivity index (χ3n) is 4.99. The molecule has 1 aliphatic rings. The molecule has 0 amide bonds. The molecule has 3 heterocycles. The van der Waals surface area contributed by atoms with Crippen LogP contribution in [-0.4, -0.2) is 50.8 Å². The monoisotopic (exact) mass is 402 g/mol. The van der Waals surface area contributed by atoms with Crippen molar-refractivity contribution in [2.75, 3.05) is 31.1 Å². The summed E-state index contributed by atoms with van der Waals surface area (Å²) in [5.74, 6) is 0.477. The maximum atomic E-state index is 14.3. The molecule has 6 nitrogen and oxygen atoms in total. The first-order chi connectivity index (χ1) is 13.1. The van der Waals surface area contributed by atoms with Gasteiger partial charge in [-0.2, -0.15) is 5.10 Å². The smallest absolute Gasteiger partial charge is 0.155 e. The molecule has 4 rings (SSSR count). The maximum Gasteiger partial charge on any atom is 0.155 e. The zero-order chi connectivity index (χ0) is 18.8. The van der Waals surface area contributed by atoms with E-state index in [4.69, 9.17) is 0 Å². The zero-order valence-electron chi connectivity index (χ0n) is 16.0. The van der Waals surface area contributed by atoms with Crippen LogP contribution in [0.3, 0.4) is 0 Å². The van der Waals surface area contributed by atoms with E-state index in [2.05, 4.69) is 31.1 Å². The molecule has 8 heteroatoms. The van der Waals surface area contributed by atoms with E-state index in [0.29, 0.717) is 11.3 Å². The molecule has 1 aliphatic heterocycles. The number of hydrogen-bond acceptors (Lipinski definition) is 5. The molecule has 0 unspecified atom stereocenters. The van der Waals surface area contributed by atoms with Crippen molar-refractivity contribution in [1.29, 1.82) is 0 Å². The average Bonchev–Trinajstić information content (AvgIpc) is 3.00. The second-order valence-corrected chi connectivity index (χ2v) is 6.89. The van der Waals surface area contributed by atoms with Crippen molar-refractivity contribution in [3.8, 4) is 11.3 Å². The van der Waals surface area contributed by atoms with Gasteiger partial charge in [0.05, 0.1) is 5.69 Å². The van der Waals surface area contributed by atoms with Crippen LogP contribution < -0.4 is 4.90 Å². The van der Waals surface area contributed by atoms with Crippen LogP contribution in [0.15, 0.2) is 42.9 Å². The van der Waals surface area contributed by atoms with E-state index in [-0.39, 0.29) is 18.2 Å². The Hall–Kier alpha value is -2.51. The van der Waals surface area contributed by atoms with Crippen LogP contribution in [0.2, 0.25) is 0 Å². The van der Waals surface area contributed by atoms with Gasteiger partial charge in [-0.15, -0.1) is 12.4 Å². The van der Waals surface area contributed by atoms with Crippen molar-refractivity contribution in [2.24, 2.45) is 7.05 Å². The van der Waals surface area contributed by atoms with E-state index in [9.17, 15) is 4.39 Å². The Bertz CT molecular complexity index is 936. The van der Waals surface area contributed by atoms with Gasteiger partial charge in [0.25, 0.3) is 0 Å². The van der Waals surface area contributed by atoms with Crippen molar-refractivity contribution >= 4 is 18.2 Å². The first kappa shape index (κ1) is 20.2. The van der Waals surface area contributed by atoms with Gasteiger partial charge in [-0.1, -0.05) is 12.1 Å². The summed E-state index contributed by atoms with van der Waals surface area (Å²) in [4.78, 5) is 13.5. The van der Waals surface area contributed by atoms with Crippen LogP contribution >= 0.6 is 12.4 Å². The number of hydrogen-bond donors (Lipinski definition) is 0. The number of anilines is 1. The number of aryl methyl sites for hydroxylation is 2. The van der Waals surface area contributed by atoms with Gasteiger partial charge in [0.1, 0.15) is 11.5 Å². The molecule has 1 fully saturated rings. The zero-order valence-corrected chi connectivity index (χ0v) is 16.9. The summed E-state index contributed by atoms with van der Waals surface area (Å²) in [5, 5.41) is 4.42. The Labute approximate surface area is 170 Å². The first-order valence-electron chi connectivity index (χ1n) is 9.14. The number of aromatic nitrogens is 4. The average molecular weight is 403 g/mol. The lowest BCUT2D eigenvalue weighted by molar-refractivity contribution is 0.249. The predicted octanol–water partition coefficient (Wildman–Crippen LogP) is 3.07. The molecule has 1 saturated heterocycles. The molecule has 0 atom stereocenters. The Balaban J connectivity index is 0.00000225. The van der Waals surface area contributed by atoms with Crippen molar-refractivity contribution < 1.29 is 4.39 Å². The van der Waals surface area contributed by atoms with E-state index < -0.39 is 0 Å². The summed E-state index contributed by atoms with van der Waals surface area (Å²) < 4.78 is 16.1. The Morgan fingerprint density at radius 2 is 1.75 bits per heavy atom. The summed E-state index contributed by atoms with van der Waals surface area (Å²) in [7, 11) is 1.95. The lowest BCUT2D eigenvalue weighted by Crippen LogP contribution is -2.46. The van der Waals surface area contributed by atoms with Crippen LogP contribution in [0.5, 0.6) is 0 Å². The molecule has 0 bridgehead atoms. The molecule has 28 heavy (non-hydrogen) atoms. The highest BCUT2D eigenvalue weighted by Crippen LogP contribution is 2.29. The molecule has 0 spiro atoms. The summed E-state index contributed by atoms with van der Waals surface area (Å²) in [5.41, 5.74) is 3.44. The molecule has 0 saturated carbocycles. The first-order valence-corrected chi connectivity index (χ1v) is 9.14. The van der Waals surface area contributed by atoms with Crippen LogP contribution in [0.1, 0.15) is 11.3 Å². The van der Waals surface area contributed by atoms with Crippen molar-refractivity contribution in [3.05, 3.63) is 59.9 Å². The van der Waals surface area contributed by atoms with Crippen LogP contribution in [0.4, 0.5) is 10.2 Å². The Morgan fingerprint density at radius 3 is 2.43 bits per heavy atom. The van der Waals surface area contributed by atoms with Gasteiger partial charge in [-0.05, 0) is 19.1 Å².